The zero-order valence-electron chi connectivity index (χ0n) is 12.2. The topological polar surface area (TPSA) is 29.4 Å². The lowest BCUT2D eigenvalue weighted by Gasteiger charge is -2.20. The van der Waals surface area contributed by atoms with E-state index in [-0.39, 0.29) is 6.04 Å². The Bertz CT molecular complexity index is 636. The van der Waals surface area contributed by atoms with E-state index in [4.69, 9.17) is 4.36 Å². The van der Waals surface area contributed by atoms with Gasteiger partial charge in [0.05, 0.1) is 15.8 Å². The molecule has 0 aliphatic heterocycles. The molecule has 1 aliphatic carbocycles. The van der Waals surface area contributed by atoms with Crippen LogP contribution in [0.4, 0.5) is 0 Å². The molecule has 3 rings (SSSR count). The van der Waals surface area contributed by atoms with Gasteiger partial charge in [0.1, 0.15) is 9.73 Å². The molecule has 0 spiro atoms. The standard InChI is InChI=1S/C18H21NOS/c20-21(17-12-6-2-7-13-17,18-14-8-3-9-15-18)19-16-10-4-1-5-11-16/h2-3,6-9,12-16H,1,4-5,10-11H2. The van der Waals surface area contributed by atoms with Crippen LogP contribution in [0.3, 0.4) is 0 Å². The molecule has 2 aromatic carbocycles. The second kappa shape index (κ2) is 6.44. The molecule has 0 heterocycles. The molecule has 2 aromatic rings. The molecule has 0 unspecified atom stereocenters. The van der Waals surface area contributed by atoms with Crippen LogP contribution in [0.1, 0.15) is 32.1 Å². The highest BCUT2D eigenvalue weighted by Gasteiger charge is 2.20. The summed E-state index contributed by atoms with van der Waals surface area (Å²) in [6.45, 7) is 0. The Kier molecular flexibility index (Phi) is 4.39. The molecule has 2 nitrogen and oxygen atoms in total. The number of nitrogens with zero attached hydrogens (tertiary/aromatic N) is 1. The monoisotopic (exact) mass is 299 g/mol. The summed E-state index contributed by atoms with van der Waals surface area (Å²) in [5.74, 6) is 0. The van der Waals surface area contributed by atoms with Crippen LogP contribution in [0, 0.1) is 0 Å². The van der Waals surface area contributed by atoms with Gasteiger partial charge in [-0.25, -0.2) is 8.57 Å². The second-order valence-corrected chi connectivity index (χ2v) is 7.75. The molecule has 110 valence electrons. The highest BCUT2D eigenvalue weighted by atomic mass is 32.2. The van der Waals surface area contributed by atoms with Gasteiger partial charge in [-0.2, -0.15) is 0 Å². The van der Waals surface area contributed by atoms with Crippen molar-refractivity contribution in [1.82, 2.24) is 0 Å². The molecule has 0 bridgehead atoms. The minimum Gasteiger partial charge on any atom is -0.240 e. The van der Waals surface area contributed by atoms with Crippen LogP contribution in [0.15, 0.2) is 74.8 Å². The zero-order chi connectivity index (χ0) is 14.5. The van der Waals surface area contributed by atoms with Crippen molar-refractivity contribution in [3.63, 3.8) is 0 Å². The third kappa shape index (κ3) is 3.18. The van der Waals surface area contributed by atoms with Crippen molar-refractivity contribution in [2.45, 2.75) is 47.9 Å². The fourth-order valence-corrected chi connectivity index (χ4v) is 5.06. The van der Waals surface area contributed by atoms with E-state index >= 15 is 0 Å². The molecule has 0 aromatic heterocycles. The fourth-order valence-electron chi connectivity index (χ4n) is 2.86. The quantitative estimate of drug-likeness (QED) is 0.792. The van der Waals surface area contributed by atoms with E-state index in [9.17, 15) is 4.21 Å². The van der Waals surface area contributed by atoms with Crippen molar-refractivity contribution >= 4 is 9.73 Å². The van der Waals surface area contributed by atoms with Gasteiger partial charge in [0.15, 0.2) is 0 Å². The minimum atomic E-state index is -2.52. The smallest absolute Gasteiger partial charge is 0.104 e. The minimum absolute atomic E-state index is 0.228. The van der Waals surface area contributed by atoms with Crippen LogP contribution >= 0.6 is 0 Å². The van der Waals surface area contributed by atoms with Crippen molar-refractivity contribution in [1.29, 1.82) is 0 Å². The summed E-state index contributed by atoms with van der Waals surface area (Å²) in [5.41, 5.74) is 0. The third-order valence-electron chi connectivity index (χ3n) is 4.00. The summed E-state index contributed by atoms with van der Waals surface area (Å²) in [6.07, 6.45) is 5.82. The molecular formula is C18H21NOS. The highest BCUT2D eigenvalue weighted by molar-refractivity contribution is 7.93. The lowest BCUT2D eigenvalue weighted by atomic mass is 9.97. The van der Waals surface area contributed by atoms with Gasteiger partial charge >= 0.3 is 0 Å². The van der Waals surface area contributed by atoms with Gasteiger partial charge in [-0.15, -0.1) is 0 Å². The highest BCUT2D eigenvalue weighted by Crippen LogP contribution is 2.28. The summed E-state index contributed by atoms with van der Waals surface area (Å²) >= 11 is 0. The number of benzene rings is 2. The molecule has 21 heavy (non-hydrogen) atoms. The lowest BCUT2D eigenvalue weighted by Crippen LogP contribution is -2.14. The third-order valence-corrected chi connectivity index (χ3v) is 6.41. The normalized spacial score (nSPS) is 16.6. The zero-order valence-corrected chi connectivity index (χ0v) is 13.0. The molecule has 0 saturated heterocycles. The van der Waals surface area contributed by atoms with Gasteiger partial charge in [0, 0.05) is 0 Å². The van der Waals surface area contributed by atoms with Gasteiger partial charge in [0.25, 0.3) is 0 Å². The van der Waals surface area contributed by atoms with Crippen molar-refractivity contribution in [3.05, 3.63) is 60.7 Å². The molecule has 1 aliphatic rings. The first-order valence-electron chi connectivity index (χ1n) is 7.65. The van der Waals surface area contributed by atoms with Crippen LogP contribution in [0.5, 0.6) is 0 Å². The van der Waals surface area contributed by atoms with Crippen molar-refractivity contribution in [2.24, 2.45) is 4.36 Å². The number of hydrogen-bond acceptors (Lipinski definition) is 2. The number of hydrogen-bond donors (Lipinski definition) is 0. The van der Waals surface area contributed by atoms with Gasteiger partial charge in [-0.05, 0) is 37.1 Å². The Labute approximate surface area is 127 Å². The molecule has 0 atom stereocenters. The molecule has 0 radical (unpaired) electrons. The van der Waals surface area contributed by atoms with E-state index in [1.807, 2.05) is 60.7 Å². The van der Waals surface area contributed by atoms with E-state index in [0.29, 0.717) is 0 Å². The molecule has 1 saturated carbocycles. The van der Waals surface area contributed by atoms with Crippen molar-refractivity contribution in [2.75, 3.05) is 0 Å². The first-order valence-corrected chi connectivity index (χ1v) is 9.17. The van der Waals surface area contributed by atoms with Crippen molar-refractivity contribution in [3.8, 4) is 0 Å². The van der Waals surface area contributed by atoms with Gasteiger partial charge in [-0.3, -0.25) is 0 Å². The van der Waals surface area contributed by atoms with E-state index in [0.717, 1.165) is 22.6 Å². The van der Waals surface area contributed by atoms with E-state index in [1.54, 1.807) is 0 Å². The van der Waals surface area contributed by atoms with Crippen LogP contribution in [-0.2, 0) is 9.73 Å². The average Bonchev–Trinajstić information content (AvgIpc) is 2.57. The summed E-state index contributed by atoms with van der Waals surface area (Å²) in [7, 11) is -2.52. The first-order chi connectivity index (χ1) is 10.3. The molecule has 0 N–H and O–H groups in total. The Hall–Kier alpha value is -1.61. The molecule has 3 heteroatoms. The predicted molar refractivity (Wildman–Crippen MR) is 86.9 cm³/mol. The van der Waals surface area contributed by atoms with E-state index in [2.05, 4.69) is 0 Å². The predicted octanol–water partition coefficient (Wildman–Crippen LogP) is 4.91. The Morgan fingerprint density at radius 2 is 1.24 bits per heavy atom. The van der Waals surface area contributed by atoms with Crippen LogP contribution in [0.25, 0.3) is 0 Å². The molecule has 1 fully saturated rings. The van der Waals surface area contributed by atoms with E-state index < -0.39 is 9.73 Å². The maximum atomic E-state index is 13.7. The maximum Gasteiger partial charge on any atom is 0.104 e. The Morgan fingerprint density at radius 3 is 1.71 bits per heavy atom. The largest absolute Gasteiger partial charge is 0.240 e. The van der Waals surface area contributed by atoms with Gasteiger partial charge in [0.2, 0.25) is 0 Å². The average molecular weight is 299 g/mol. The van der Waals surface area contributed by atoms with E-state index in [1.165, 1.54) is 19.3 Å². The van der Waals surface area contributed by atoms with Gasteiger partial charge in [-0.1, -0.05) is 55.7 Å². The number of rotatable bonds is 3. The lowest BCUT2D eigenvalue weighted by molar-refractivity contribution is 0.444. The fraction of sp³-hybridized carbons (Fsp3) is 0.333. The summed E-state index contributed by atoms with van der Waals surface area (Å²) in [4.78, 5) is 1.64. The van der Waals surface area contributed by atoms with Crippen molar-refractivity contribution < 1.29 is 4.21 Å². The molecular weight excluding hydrogens is 278 g/mol. The molecule has 0 amide bonds. The summed E-state index contributed by atoms with van der Waals surface area (Å²) in [6, 6.07) is 19.6. The second-order valence-electron chi connectivity index (χ2n) is 5.55. The Morgan fingerprint density at radius 1 is 0.762 bits per heavy atom. The summed E-state index contributed by atoms with van der Waals surface area (Å²) < 4.78 is 18.5. The summed E-state index contributed by atoms with van der Waals surface area (Å²) in [5, 5.41) is 0. The van der Waals surface area contributed by atoms with Gasteiger partial charge < -0.3 is 0 Å². The first kappa shape index (κ1) is 14.3. The van der Waals surface area contributed by atoms with Crippen LogP contribution in [-0.4, -0.2) is 10.3 Å². The van der Waals surface area contributed by atoms with Crippen LogP contribution in [0.2, 0.25) is 0 Å². The van der Waals surface area contributed by atoms with Crippen LogP contribution < -0.4 is 0 Å². The Balaban J connectivity index is 2.11. The SMILES string of the molecule is O=S(=NC1CCCCC1)(c1ccccc1)c1ccccc1. The maximum absolute atomic E-state index is 13.7.